The number of benzene rings is 1. The smallest absolute Gasteiger partial charge is 0.312 e. The molecule has 3 rings (SSSR count). The van der Waals surface area contributed by atoms with E-state index in [1.54, 1.807) is 37.8 Å². The Balaban J connectivity index is 1.63. The van der Waals surface area contributed by atoms with Gasteiger partial charge in [0.2, 0.25) is 5.91 Å². The van der Waals surface area contributed by atoms with E-state index in [0.717, 1.165) is 5.56 Å². The zero-order valence-electron chi connectivity index (χ0n) is 16.9. The summed E-state index contributed by atoms with van der Waals surface area (Å²) in [5, 5.41) is 22.5. The first-order valence-electron chi connectivity index (χ1n) is 9.32. The fourth-order valence-corrected chi connectivity index (χ4v) is 3.21. The van der Waals surface area contributed by atoms with E-state index in [0.29, 0.717) is 23.6 Å². The summed E-state index contributed by atoms with van der Waals surface area (Å²) in [7, 11) is 0. The molecule has 2 heterocycles. The lowest BCUT2D eigenvalue weighted by molar-refractivity contribution is -0.386. The van der Waals surface area contributed by atoms with E-state index in [-0.39, 0.29) is 18.1 Å². The Bertz CT molecular complexity index is 1050. The normalized spacial score (nSPS) is 12.0. The number of aryl methyl sites for hydroxylation is 2. The van der Waals surface area contributed by atoms with Crippen LogP contribution < -0.4 is 5.32 Å². The minimum absolute atomic E-state index is 0.00455. The van der Waals surface area contributed by atoms with E-state index in [1.807, 2.05) is 31.2 Å². The van der Waals surface area contributed by atoms with Crippen LogP contribution in [0, 0.1) is 36.8 Å². The molecule has 1 N–H and O–H groups in total. The summed E-state index contributed by atoms with van der Waals surface area (Å²) in [5.41, 5.74) is 3.73. The van der Waals surface area contributed by atoms with E-state index >= 15 is 0 Å². The molecule has 0 fully saturated rings. The third kappa shape index (κ3) is 4.50. The number of nitro groups is 1. The summed E-state index contributed by atoms with van der Waals surface area (Å²) in [6, 6.07) is 8.07. The minimum atomic E-state index is -0.443. The van der Waals surface area contributed by atoms with Crippen LogP contribution in [0.1, 0.15) is 29.4 Å². The second-order valence-corrected chi connectivity index (χ2v) is 7.20. The second kappa shape index (κ2) is 8.26. The van der Waals surface area contributed by atoms with Crippen molar-refractivity contribution in [1.82, 2.24) is 19.6 Å². The van der Waals surface area contributed by atoms with Crippen molar-refractivity contribution in [2.45, 2.75) is 40.8 Å². The zero-order valence-corrected chi connectivity index (χ0v) is 16.9. The van der Waals surface area contributed by atoms with Crippen LogP contribution >= 0.6 is 0 Å². The molecule has 2 aromatic heterocycles. The second-order valence-electron chi connectivity index (χ2n) is 7.20. The van der Waals surface area contributed by atoms with E-state index < -0.39 is 10.8 Å². The van der Waals surface area contributed by atoms with Gasteiger partial charge in [-0.2, -0.15) is 10.2 Å². The monoisotopic (exact) mass is 396 g/mol. The Hall–Kier alpha value is -3.49. The van der Waals surface area contributed by atoms with Gasteiger partial charge in [-0.25, -0.2) is 0 Å². The average molecular weight is 396 g/mol. The highest BCUT2D eigenvalue weighted by molar-refractivity contribution is 5.92. The van der Waals surface area contributed by atoms with Gasteiger partial charge in [-0.1, -0.05) is 31.2 Å². The van der Waals surface area contributed by atoms with Crippen LogP contribution in [0.15, 0.2) is 36.7 Å². The third-order valence-electron chi connectivity index (χ3n) is 4.91. The first-order valence-corrected chi connectivity index (χ1v) is 9.32. The minimum Gasteiger partial charge on any atom is -0.323 e. The number of nitrogens with one attached hydrogen (secondary N) is 1. The summed E-state index contributed by atoms with van der Waals surface area (Å²) >= 11 is 0. The molecule has 0 aliphatic carbocycles. The maximum absolute atomic E-state index is 12.6. The molecule has 1 atom stereocenters. The fourth-order valence-electron chi connectivity index (χ4n) is 3.21. The number of hydrogen-bond donors (Lipinski definition) is 1. The van der Waals surface area contributed by atoms with Crippen molar-refractivity contribution in [3.8, 4) is 0 Å². The van der Waals surface area contributed by atoms with Gasteiger partial charge in [0.05, 0.1) is 35.8 Å². The average Bonchev–Trinajstić information content (AvgIpc) is 3.20. The van der Waals surface area contributed by atoms with Crippen LogP contribution in [0.2, 0.25) is 0 Å². The van der Waals surface area contributed by atoms with Crippen molar-refractivity contribution in [2.24, 2.45) is 5.92 Å². The van der Waals surface area contributed by atoms with Crippen molar-refractivity contribution < 1.29 is 9.72 Å². The number of nitrogens with zero attached hydrogens (tertiary/aromatic N) is 5. The summed E-state index contributed by atoms with van der Waals surface area (Å²) < 4.78 is 3.28. The maximum Gasteiger partial charge on any atom is 0.312 e. The molecule has 0 radical (unpaired) electrons. The molecule has 152 valence electrons. The van der Waals surface area contributed by atoms with Crippen molar-refractivity contribution in [1.29, 1.82) is 0 Å². The number of amides is 1. The molecule has 0 aliphatic rings. The predicted molar refractivity (Wildman–Crippen MR) is 109 cm³/mol. The maximum atomic E-state index is 12.6. The topological polar surface area (TPSA) is 108 Å². The molecule has 0 bridgehead atoms. The van der Waals surface area contributed by atoms with Gasteiger partial charge in [0.1, 0.15) is 11.4 Å². The molecule has 0 aliphatic heterocycles. The van der Waals surface area contributed by atoms with Gasteiger partial charge in [0.15, 0.2) is 0 Å². The third-order valence-corrected chi connectivity index (χ3v) is 4.91. The number of hydrogen-bond acceptors (Lipinski definition) is 5. The fraction of sp³-hybridized carbons (Fsp3) is 0.350. The highest BCUT2D eigenvalue weighted by Gasteiger charge is 2.24. The molecule has 9 heteroatoms. The summed E-state index contributed by atoms with van der Waals surface area (Å²) in [5.74, 6) is -0.622. The Morgan fingerprint density at radius 2 is 2.00 bits per heavy atom. The number of anilines is 1. The molecule has 0 spiro atoms. The van der Waals surface area contributed by atoms with Gasteiger partial charge in [-0.15, -0.1) is 0 Å². The molecule has 29 heavy (non-hydrogen) atoms. The van der Waals surface area contributed by atoms with Crippen LogP contribution in [0.4, 0.5) is 11.4 Å². The van der Waals surface area contributed by atoms with Gasteiger partial charge >= 0.3 is 5.69 Å². The quantitative estimate of drug-likeness (QED) is 0.487. The van der Waals surface area contributed by atoms with E-state index in [1.165, 1.54) is 10.2 Å². The van der Waals surface area contributed by atoms with Crippen molar-refractivity contribution in [3.63, 3.8) is 0 Å². The number of carbonyl (C=O) groups excluding carboxylic acids is 1. The molecule has 3 aromatic rings. The molecule has 0 saturated heterocycles. The van der Waals surface area contributed by atoms with Gasteiger partial charge < -0.3 is 5.32 Å². The summed E-state index contributed by atoms with van der Waals surface area (Å²) in [4.78, 5) is 23.2. The summed E-state index contributed by atoms with van der Waals surface area (Å²) in [6.07, 6.45) is 3.39. The standard InChI is InChI=1S/C20H24N6O3/c1-13-7-5-6-8-17(13)11-24-12-18(9-21-24)22-20(27)14(2)10-25-16(4)19(26(28)29)15(3)23-25/h5-9,12,14H,10-11H2,1-4H3,(H,22,27). The van der Waals surface area contributed by atoms with Gasteiger partial charge in [0, 0.05) is 6.20 Å². The Labute approximate surface area is 168 Å². The van der Waals surface area contributed by atoms with Crippen LogP contribution in [-0.4, -0.2) is 30.4 Å². The van der Waals surface area contributed by atoms with E-state index in [9.17, 15) is 14.9 Å². The lowest BCUT2D eigenvalue weighted by atomic mass is 10.1. The lowest BCUT2D eigenvalue weighted by Crippen LogP contribution is -2.25. The first-order chi connectivity index (χ1) is 13.8. The van der Waals surface area contributed by atoms with Crippen LogP contribution in [0.25, 0.3) is 0 Å². The first kappa shape index (κ1) is 20.2. The van der Waals surface area contributed by atoms with Crippen LogP contribution in [-0.2, 0) is 17.9 Å². The zero-order chi connectivity index (χ0) is 21.1. The number of aromatic nitrogens is 4. The largest absolute Gasteiger partial charge is 0.323 e. The number of rotatable bonds is 7. The predicted octanol–water partition coefficient (Wildman–Crippen LogP) is 3.24. The van der Waals surface area contributed by atoms with Crippen molar-refractivity contribution in [2.75, 3.05) is 5.32 Å². The highest BCUT2D eigenvalue weighted by atomic mass is 16.6. The van der Waals surface area contributed by atoms with E-state index in [2.05, 4.69) is 15.5 Å². The molecular formula is C20H24N6O3. The van der Waals surface area contributed by atoms with Crippen LogP contribution in [0.5, 0.6) is 0 Å². The lowest BCUT2D eigenvalue weighted by Gasteiger charge is -2.12. The molecule has 0 saturated carbocycles. The Kier molecular flexibility index (Phi) is 5.76. The van der Waals surface area contributed by atoms with Crippen molar-refractivity contribution in [3.05, 3.63) is 69.3 Å². The van der Waals surface area contributed by atoms with E-state index in [4.69, 9.17) is 0 Å². The summed E-state index contributed by atoms with van der Waals surface area (Å²) in [6.45, 7) is 7.91. The van der Waals surface area contributed by atoms with Gasteiger partial charge in [0.25, 0.3) is 0 Å². The molecule has 1 aromatic carbocycles. The molecule has 1 amide bonds. The molecular weight excluding hydrogens is 372 g/mol. The van der Waals surface area contributed by atoms with Gasteiger partial charge in [-0.05, 0) is 31.9 Å². The Morgan fingerprint density at radius 1 is 1.28 bits per heavy atom. The van der Waals surface area contributed by atoms with Crippen LogP contribution in [0.3, 0.4) is 0 Å². The Morgan fingerprint density at radius 3 is 2.66 bits per heavy atom. The van der Waals surface area contributed by atoms with Gasteiger partial charge in [-0.3, -0.25) is 24.3 Å². The SMILES string of the molecule is Cc1ccccc1Cn1cc(NC(=O)C(C)Cn2nc(C)c([N+](=O)[O-])c2C)cn1. The molecule has 1 unspecified atom stereocenters. The molecule has 9 nitrogen and oxygen atoms in total. The number of carbonyl (C=O) groups is 1. The van der Waals surface area contributed by atoms with Crippen molar-refractivity contribution >= 4 is 17.3 Å². The highest BCUT2D eigenvalue weighted by Crippen LogP contribution is 2.22.